The molecule has 1 heterocycles. The van der Waals surface area contributed by atoms with Crippen LogP contribution in [0.25, 0.3) is 0 Å². The highest BCUT2D eigenvalue weighted by atomic mass is 35.5. The van der Waals surface area contributed by atoms with Gasteiger partial charge in [0.1, 0.15) is 0 Å². The summed E-state index contributed by atoms with van der Waals surface area (Å²) in [6, 6.07) is 12.0. The molecule has 2 aromatic rings. The van der Waals surface area contributed by atoms with E-state index in [1.807, 2.05) is 50.2 Å². The van der Waals surface area contributed by atoms with Gasteiger partial charge in [-0.2, -0.15) is 0 Å². The van der Waals surface area contributed by atoms with Gasteiger partial charge in [-0.1, -0.05) is 29.8 Å². The third-order valence-electron chi connectivity index (χ3n) is 4.20. The minimum Gasteiger partial charge on any atom is -0.383 e. The third-order valence-corrected chi connectivity index (χ3v) is 4.49. The van der Waals surface area contributed by atoms with E-state index in [0.29, 0.717) is 17.3 Å². The summed E-state index contributed by atoms with van der Waals surface area (Å²) in [6.07, 6.45) is 0.992. The van der Waals surface area contributed by atoms with Gasteiger partial charge in [0, 0.05) is 13.1 Å². The number of nitrogens with zero attached hydrogens (tertiary/aromatic N) is 1. The van der Waals surface area contributed by atoms with E-state index in [4.69, 9.17) is 11.6 Å². The molecule has 4 nitrogen and oxygen atoms in total. The van der Waals surface area contributed by atoms with Crippen molar-refractivity contribution in [1.29, 1.82) is 0 Å². The van der Waals surface area contributed by atoms with E-state index in [-0.39, 0.29) is 5.91 Å². The maximum Gasteiger partial charge on any atom is 0.243 e. The first-order valence-electron chi connectivity index (χ1n) is 8.19. The summed E-state index contributed by atoms with van der Waals surface area (Å²) >= 11 is 6.29. The molecular weight excluding hydrogens is 322 g/mol. The van der Waals surface area contributed by atoms with Crippen LogP contribution in [0.15, 0.2) is 36.4 Å². The molecule has 0 spiro atoms. The minimum atomic E-state index is -0.0550. The van der Waals surface area contributed by atoms with E-state index in [2.05, 4.69) is 15.5 Å². The highest BCUT2D eigenvalue weighted by Gasteiger charge is 2.18. The number of nitrogens with one attached hydrogen (secondary N) is 2. The summed E-state index contributed by atoms with van der Waals surface area (Å²) < 4.78 is 0. The molecule has 0 aliphatic carbocycles. The van der Waals surface area contributed by atoms with Gasteiger partial charge in [-0.25, -0.2) is 0 Å². The Balaban J connectivity index is 1.76. The lowest BCUT2D eigenvalue weighted by atomic mass is 10.1. The van der Waals surface area contributed by atoms with Crippen molar-refractivity contribution in [3.63, 3.8) is 0 Å². The highest BCUT2D eigenvalue weighted by Crippen LogP contribution is 2.29. The summed E-state index contributed by atoms with van der Waals surface area (Å²) in [5.41, 5.74) is 4.91. The zero-order valence-corrected chi connectivity index (χ0v) is 14.8. The van der Waals surface area contributed by atoms with Crippen molar-refractivity contribution in [3.05, 3.63) is 52.5 Å². The van der Waals surface area contributed by atoms with E-state index in [1.165, 1.54) is 0 Å². The number of benzene rings is 2. The van der Waals surface area contributed by atoms with Crippen LogP contribution in [-0.4, -0.2) is 25.5 Å². The zero-order chi connectivity index (χ0) is 17.1. The molecule has 126 valence electrons. The maximum absolute atomic E-state index is 12.6. The lowest BCUT2D eigenvalue weighted by Crippen LogP contribution is -2.34. The third kappa shape index (κ3) is 3.65. The number of anilines is 3. The van der Waals surface area contributed by atoms with Crippen molar-refractivity contribution in [2.75, 3.05) is 35.2 Å². The quantitative estimate of drug-likeness (QED) is 0.877. The van der Waals surface area contributed by atoms with E-state index in [1.54, 1.807) is 0 Å². The van der Waals surface area contributed by atoms with Crippen molar-refractivity contribution in [2.24, 2.45) is 0 Å². The number of halogens is 1. The van der Waals surface area contributed by atoms with Crippen molar-refractivity contribution >= 4 is 34.6 Å². The Morgan fingerprint density at radius 3 is 2.88 bits per heavy atom. The molecule has 2 N–H and O–H groups in total. The molecule has 0 saturated heterocycles. The van der Waals surface area contributed by atoms with Gasteiger partial charge in [-0.3, -0.25) is 4.79 Å². The van der Waals surface area contributed by atoms with Crippen LogP contribution in [0.4, 0.5) is 17.1 Å². The molecule has 1 aliphatic rings. The van der Waals surface area contributed by atoms with Gasteiger partial charge in [0.05, 0.1) is 28.6 Å². The summed E-state index contributed by atoms with van der Waals surface area (Å²) in [7, 11) is 0. The summed E-state index contributed by atoms with van der Waals surface area (Å²) in [5, 5.41) is 6.96. The molecule has 0 unspecified atom stereocenters. The van der Waals surface area contributed by atoms with Crippen LogP contribution in [0.2, 0.25) is 5.02 Å². The first kappa shape index (κ1) is 16.7. The van der Waals surface area contributed by atoms with Crippen LogP contribution in [0.5, 0.6) is 0 Å². The number of para-hydroxylation sites is 2. The fourth-order valence-electron chi connectivity index (χ4n) is 3.10. The van der Waals surface area contributed by atoms with Crippen LogP contribution >= 0.6 is 11.6 Å². The Hall–Kier alpha value is -2.20. The topological polar surface area (TPSA) is 44.4 Å². The summed E-state index contributed by atoms with van der Waals surface area (Å²) in [5.74, 6) is -0.0550. The van der Waals surface area contributed by atoms with Gasteiger partial charge >= 0.3 is 0 Å². The molecule has 0 aromatic heterocycles. The molecule has 0 fully saturated rings. The van der Waals surface area contributed by atoms with E-state index >= 15 is 0 Å². The number of aryl methyl sites for hydroxylation is 2. The molecule has 5 heteroatoms. The molecule has 24 heavy (non-hydrogen) atoms. The number of hydrogen-bond acceptors (Lipinski definition) is 3. The molecule has 0 radical (unpaired) electrons. The van der Waals surface area contributed by atoms with Gasteiger partial charge in [0.2, 0.25) is 5.91 Å². The van der Waals surface area contributed by atoms with Crippen molar-refractivity contribution in [2.45, 2.75) is 20.3 Å². The van der Waals surface area contributed by atoms with E-state index < -0.39 is 0 Å². The fraction of sp³-hybridized carbons (Fsp3) is 0.316. The smallest absolute Gasteiger partial charge is 0.243 e. The normalized spacial score (nSPS) is 13.7. The number of fused-ring (bicyclic) bond motifs is 1. The van der Waals surface area contributed by atoms with Gasteiger partial charge < -0.3 is 15.5 Å². The summed E-state index contributed by atoms with van der Waals surface area (Å²) in [6.45, 7) is 6.02. The predicted molar refractivity (Wildman–Crippen MR) is 101 cm³/mol. The molecule has 0 saturated carbocycles. The number of carbonyl (C=O) groups is 1. The highest BCUT2D eigenvalue weighted by molar-refractivity contribution is 6.34. The van der Waals surface area contributed by atoms with Gasteiger partial charge in [0.25, 0.3) is 0 Å². The largest absolute Gasteiger partial charge is 0.383 e. The van der Waals surface area contributed by atoms with Gasteiger partial charge in [-0.15, -0.1) is 0 Å². The first-order valence-corrected chi connectivity index (χ1v) is 8.57. The van der Waals surface area contributed by atoms with Crippen molar-refractivity contribution in [1.82, 2.24) is 0 Å². The second-order valence-electron chi connectivity index (χ2n) is 6.21. The lowest BCUT2D eigenvalue weighted by molar-refractivity contribution is -0.115. The van der Waals surface area contributed by atoms with E-state index in [9.17, 15) is 4.79 Å². The molecule has 2 aromatic carbocycles. The Bertz CT molecular complexity index is 737. The number of carbonyl (C=O) groups excluding carboxylic acids is 1. The monoisotopic (exact) mass is 343 g/mol. The van der Waals surface area contributed by atoms with Gasteiger partial charge in [-0.05, 0) is 49.6 Å². The van der Waals surface area contributed by atoms with Crippen LogP contribution < -0.4 is 15.5 Å². The molecular formula is C19H22ClN3O. The molecule has 0 bridgehead atoms. The Labute approximate surface area is 147 Å². The van der Waals surface area contributed by atoms with Crippen LogP contribution in [0.3, 0.4) is 0 Å². The van der Waals surface area contributed by atoms with Crippen LogP contribution in [-0.2, 0) is 4.79 Å². The van der Waals surface area contributed by atoms with E-state index in [0.717, 1.165) is 42.0 Å². The summed E-state index contributed by atoms with van der Waals surface area (Å²) in [4.78, 5) is 14.7. The Kier molecular flexibility index (Phi) is 4.95. The average Bonchev–Trinajstić information content (AvgIpc) is 2.73. The van der Waals surface area contributed by atoms with Crippen molar-refractivity contribution < 1.29 is 4.79 Å². The number of hydrogen-bond donors (Lipinski definition) is 2. The maximum atomic E-state index is 12.6. The molecule has 0 atom stereocenters. The molecule has 1 amide bonds. The number of amides is 1. The second-order valence-corrected chi connectivity index (χ2v) is 6.61. The first-order chi connectivity index (χ1) is 11.5. The number of rotatable bonds is 3. The average molecular weight is 344 g/mol. The van der Waals surface area contributed by atoms with Gasteiger partial charge in [0.15, 0.2) is 0 Å². The zero-order valence-electron chi connectivity index (χ0n) is 14.0. The molecule has 1 aliphatic heterocycles. The van der Waals surface area contributed by atoms with Crippen LogP contribution in [0.1, 0.15) is 17.5 Å². The Morgan fingerprint density at radius 2 is 2.08 bits per heavy atom. The predicted octanol–water partition coefficient (Wildman–Crippen LogP) is 4.22. The second kappa shape index (κ2) is 7.14. The minimum absolute atomic E-state index is 0.0550. The Morgan fingerprint density at radius 1 is 1.29 bits per heavy atom. The lowest BCUT2D eigenvalue weighted by Gasteiger charge is -2.24. The van der Waals surface area contributed by atoms with Crippen molar-refractivity contribution in [3.8, 4) is 0 Å². The SMILES string of the molecule is Cc1cc(C)c(NC(=O)CN2CCCNc3ccccc32)c(Cl)c1. The fourth-order valence-corrected chi connectivity index (χ4v) is 3.47. The standard InChI is InChI=1S/C19H22ClN3O/c1-13-10-14(2)19(15(20)11-13)22-18(24)12-23-9-5-8-21-16-6-3-4-7-17(16)23/h3-4,6-7,10-11,21H,5,8-9,12H2,1-2H3,(H,22,24). The van der Waals surface area contributed by atoms with Crippen LogP contribution in [0, 0.1) is 13.8 Å². The molecule has 3 rings (SSSR count).